The fraction of sp³-hybridized carbons (Fsp3) is 0.465. The van der Waals surface area contributed by atoms with Crippen LogP contribution in [-0.2, 0) is 32.1 Å². The van der Waals surface area contributed by atoms with Crippen LogP contribution in [0.15, 0.2) is 175 Å². The van der Waals surface area contributed by atoms with Crippen LogP contribution in [0.2, 0.25) is 0 Å². The van der Waals surface area contributed by atoms with Crippen molar-refractivity contribution in [3.8, 4) is 0 Å². The number of hydrogen-bond donors (Lipinski definition) is 1. The van der Waals surface area contributed by atoms with Gasteiger partial charge in [-0.05, 0) is 273 Å². The van der Waals surface area contributed by atoms with Crippen LogP contribution in [0.3, 0.4) is 0 Å². The van der Waals surface area contributed by atoms with E-state index in [1.807, 2.05) is 29.5 Å². The summed E-state index contributed by atoms with van der Waals surface area (Å²) in [5, 5.41) is 13.6. The number of benzene rings is 8. The zero-order valence-electron chi connectivity index (χ0n) is 71.0. The molecule has 0 atom stereocenters. The molecule has 0 saturated carbocycles. The van der Waals surface area contributed by atoms with Crippen LogP contribution < -0.4 is 0 Å². The molecule has 3 nitrogen and oxygen atoms in total. The van der Waals surface area contributed by atoms with Crippen LogP contribution in [0.4, 0.5) is 4.39 Å². The lowest BCUT2D eigenvalue weighted by atomic mass is 9.86. The van der Waals surface area contributed by atoms with Crippen molar-refractivity contribution in [3.63, 3.8) is 0 Å². The molecule has 0 saturated heterocycles. The molecule has 0 radical (unpaired) electrons. The van der Waals surface area contributed by atoms with Crippen molar-refractivity contribution < 1.29 is 19.1 Å². The Morgan fingerprint density at radius 1 is 0.330 bits per heavy atom. The normalized spacial score (nSPS) is 11.9. The van der Waals surface area contributed by atoms with Crippen LogP contribution >= 0.6 is 11.3 Å². The average molecular weight is 1450 g/mol. The van der Waals surface area contributed by atoms with Crippen LogP contribution in [0, 0.1) is 5.82 Å². The summed E-state index contributed by atoms with van der Waals surface area (Å²) in [4.78, 5) is 21.7. The van der Waals surface area contributed by atoms with Gasteiger partial charge in [0.1, 0.15) is 12.1 Å². The fourth-order valence-corrected chi connectivity index (χ4v) is 14.2. The maximum atomic E-state index is 13.0. The molecule has 4 aliphatic rings. The molecule has 13 rings (SSSR count). The van der Waals surface area contributed by atoms with E-state index in [2.05, 4.69) is 326 Å². The van der Waals surface area contributed by atoms with Gasteiger partial charge in [-0.1, -0.05) is 321 Å². The predicted octanol–water partition coefficient (Wildman–Crippen LogP) is 30.7. The molecular weight excluding hydrogens is 1310 g/mol. The molecule has 0 aliphatic heterocycles. The van der Waals surface area contributed by atoms with Crippen LogP contribution in [0.25, 0.3) is 0 Å². The summed E-state index contributed by atoms with van der Waals surface area (Å²) in [6.45, 7) is 61.5. The SMILES string of the molecule is CC(C)c1cc(C(=O)O)cc(C(C)C)c1.CC(C)c1cc(C=O)cc(C(C)C)c1.CC(C)c1cc2ccc1CCc1ccc(c(C(C)C)c1)CC2.CC(C)c1ccc(Cc2ccc(C(C)C)cc2)cc1.CC(C)c1ccc(F)cc1C(C)C.CC(C)c1cccc(C(C)C)c1.CC(C)c1cscc1C(C)C. The van der Waals surface area contributed by atoms with Gasteiger partial charge in [-0.2, -0.15) is 11.3 Å². The highest BCUT2D eigenvalue weighted by molar-refractivity contribution is 7.08. The van der Waals surface area contributed by atoms with Gasteiger partial charge in [-0.25, -0.2) is 9.18 Å². The molecule has 0 spiro atoms. The minimum atomic E-state index is -0.848. The van der Waals surface area contributed by atoms with Crippen molar-refractivity contribution in [1.82, 2.24) is 0 Å². The number of carbonyl (C=O) groups is 2. The predicted molar refractivity (Wildman–Crippen MR) is 463 cm³/mol. The Balaban J connectivity index is 0.000000265. The van der Waals surface area contributed by atoms with Gasteiger partial charge < -0.3 is 5.11 Å². The summed E-state index contributed by atoms with van der Waals surface area (Å²) in [7, 11) is 0. The van der Waals surface area contributed by atoms with Gasteiger partial charge in [0.05, 0.1) is 5.56 Å². The summed E-state index contributed by atoms with van der Waals surface area (Å²) in [6.07, 6.45) is 6.57. The van der Waals surface area contributed by atoms with Gasteiger partial charge in [0.2, 0.25) is 0 Å². The van der Waals surface area contributed by atoms with E-state index in [1.54, 1.807) is 35.4 Å². The number of carboxylic acids is 1. The number of aryl methyl sites for hydroxylation is 4. The molecular formula is C101H139FO3S. The topological polar surface area (TPSA) is 54.4 Å². The number of hydrogen-bond acceptors (Lipinski definition) is 3. The minimum Gasteiger partial charge on any atom is -0.478 e. The number of halogens is 1. The van der Waals surface area contributed by atoms with Gasteiger partial charge >= 0.3 is 5.97 Å². The van der Waals surface area contributed by atoms with Gasteiger partial charge in [0.25, 0.3) is 0 Å². The number of rotatable bonds is 18. The Labute approximate surface area is 650 Å². The molecule has 4 bridgehead atoms. The second-order valence-corrected chi connectivity index (χ2v) is 34.6. The van der Waals surface area contributed by atoms with Gasteiger partial charge in [0.15, 0.2) is 0 Å². The number of carboxylic acid groups (broad SMARTS) is 1. The standard InChI is InChI=1S/C22H28.C19H24.C13H18O2.C13H18O.C12H17F.C12H18.C10H16S/c1-15(2)21-13-17-5-9-19(21)11-7-18-6-10-20(12-8-17)22(14-18)16(3)4;1-14(2)18-9-5-16(6-10-18)13-17-7-11-19(12-8-17)15(3)4;1-8(2)10-5-11(9(3)4)7-12(6-10)13(14)15;1-9(2)12-5-11(8-14)6-13(7-12)10(3)4;1-8(2)11-6-5-10(13)7-12(11)9(3)4;1-9(2)11-6-5-7-12(8-11)10(3)4;1-7(2)9-5-11-6-10(9)8(3)4/h5-6,9-10,13-16H,7-8,11-12H2,1-4H3;5-12,14-15H,13H2,1-4H3;5-9H,1-4H3,(H,14,15);5-10H,1-4H3;5-9H,1-4H3;5-10H,1-4H3;5-8H,1-4H3. The summed E-state index contributed by atoms with van der Waals surface area (Å²) < 4.78 is 13.0. The maximum Gasteiger partial charge on any atom is 0.335 e. The van der Waals surface area contributed by atoms with Crippen LogP contribution in [0.1, 0.15) is 409 Å². The average Bonchev–Trinajstić information content (AvgIpc) is 1.03. The largest absolute Gasteiger partial charge is 0.478 e. The van der Waals surface area contributed by atoms with Crippen LogP contribution in [-0.4, -0.2) is 17.4 Å². The lowest BCUT2D eigenvalue weighted by Crippen LogP contribution is -2.06. The first kappa shape index (κ1) is 90.9. The van der Waals surface area contributed by atoms with E-state index < -0.39 is 5.97 Å². The van der Waals surface area contributed by atoms with Gasteiger partial charge in [-0.3, -0.25) is 4.79 Å². The smallest absolute Gasteiger partial charge is 0.335 e. The summed E-state index contributed by atoms with van der Waals surface area (Å²) >= 11 is 1.82. The molecule has 106 heavy (non-hydrogen) atoms. The summed E-state index contributed by atoms with van der Waals surface area (Å²) in [6, 6.07) is 58.2. The van der Waals surface area contributed by atoms with Crippen molar-refractivity contribution in [2.24, 2.45) is 0 Å². The van der Waals surface area contributed by atoms with E-state index in [1.165, 1.54) is 83.5 Å². The maximum absolute atomic E-state index is 13.0. The number of carbonyl (C=O) groups excluding carboxylic acids is 1. The summed E-state index contributed by atoms with van der Waals surface area (Å²) in [5.74, 6) is 6.67. The molecule has 0 amide bonds. The molecule has 5 heteroatoms. The minimum absolute atomic E-state index is 0.131. The Morgan fingerprint density at radius 3 is 0.972 bits per heavy atom. The van der Waals surface area contributed by atoms with E-state index in [4.69, 9.17) is 5.11 Å². The third kappa shape index (κ3) is 29.9. The highest BCUT2D eigenvalue weighted by atomic mass is 32.1. The fourth-order valence-electron chi connectivity index (χ4n) is 13.0. The highest BCUT2D eigenvalue weighted by Crippen LogP contribution is 2.33. The molecule has 1 aromatic heterocycles. The second kappa shape index (κ2) is 44.7. The lowest BCUT2D eigenvalue weighted by molar-refractivity contribution is 0.0696. The first-order valence-corrected chi connectivity index (χ1v) is 41.1. The van der Waals surface area contributed by atoms with Crippen molar-refractivity contribution >= 4 is 23.6 Å². The Morgan fingerprint density at radius 2 is 0.660 bits per heavy atom. The third-order valence-electron chi connectivity index (χ3n) is 20.3. The highest BCUT2D eigenvalue weighted by Gasteiger charge is 2.17. The molecule has 1 heterocycles. The zero-order valence-corrected chi connectivity index (χ0v) is 71.8. The molecule has 574 valence electrons. The Hall–Kier alpha value is -7.47. The molecule has 9 aromatic rings. The third-order valence-corrected chi connectivity index (χ3v) is 21.0. The zero-order chi connectivity index (χ0) is 79.4. The molecule has 0 fully saturated rings. The van der Waals surface area contributed by atoms with E-state index >= 15 is 0 Å². The van der Waals surface area contributed by atoms with E-state index in [9.17, 15) is 14.0 Å². The second-order valence-electron chi connectivity index (χ2n) is 33.9. The van der Waals surface area contributed by atoms with E-state index in [0.717, 1.165) is 60.6 Å². The monoisotopic (exact) mass is 1450 g/mol. The van der Waals surface area contributed by atoms with Crippen molar-refractivity contribution in [3.05, 3.63) is 303 Å². The number of thiophene rings is 1. The van der Waals surface area contributed by atoms with Gasteiger partial charge in [0, 0.05) is 5.56 Å². The summed E-state index contributed by atoms with van der Waals surface area (Å²) in [5.41, 5.74) is 29.0. The van der Waals surface area contributed by atoms with Crippen LogP contribution in [0.5, 0.6) is 0 Å². The first-order chi connectivity index (χ1) is 49.8. The Bertz CT molecular complexity index is 3860. The molecule has 4 aliphatic carbocycles. The van der Waals surface area contributed by atoms with Crippen molar-refractivity contribution in [2.75, 3.05) is 0 Å². The number of aromatic carboxylic acids is 1. The number of aldehydes is 1. The molecule has 0 unspecified atom stereocenters. The first-order valence-electron chi connectivity index (χ1n) is 40.2. The van der Waals surface area contributed by atoms with Gasteiger partial charge in [-0.15, -0.1) is 0 Å². The molecule has 1 N–H and O–H groups in total. The van der Waals surface area contributed by atoms with E-state index in [-0.39, 0.29) is 5.82 Å². The lowest BCUT2D eigenvalue weighted by Gasteiger charge is -2.19. The quantitative estimate of drug-likeness (QED) is 0.0871. The molecule has 8 aromatic carbocycles. The van der Waals surface area contributed by atoms with E-state index in [0.29, 0.717) is 88.4 Å². The Kier molecular flexibility index (Phi) is 38.4. The van der Waals surface area contributed by atoms with Crippen molar-refractivity contribution in [1.29, 1.82) is 0 Å². The van der Waals surface area contributed by atoms with Crippen molar-refractivity contribution in [2.45, 2.75) is 309 Å².